The van der Waals surface area contributed by atoms with Gasteiger partial charge in [-0.2, -0.15) is 0 Å². The van der Waals surface area contributed by atoms with Gasteiger partial charge in [-0.25, -0.2) is 0 Å². The molecule has 1 saturated carbocycles. The Morgan fingerprint density at radius 2 is 2.00 bits per heavy atom. The highest BCUT2D eigenvalue weighted by Gasteiger charge is 2.46. The monoisotopic (exact) mass is 155 g/mol. The minimum Gasteiger partial charge on any atom is -0.353 e. The lowest BCUT2D eigenvalue weighted by Gasteiger charge is -2.08. The van der Waals surface area contributed by atoms with Crippen molar-refractivity contribution < 1.29 is 4.79 Å². The van der Waals surface area contributed by atoms with E-state index < -0.39 is 0 Å². The van der Waals surface area contributed by atoms with Crippen LogP contribution in [0.1, 0.15) is 34.1 Å². The molecule has 1 fully saturated rings. The summed E-state index contributed by atoms with van der Waals surface area (Å²) >= 11 is 0. The van der Waals surface area contributed by atoms with E-state index in [0.29, 0.717) is 11.5 Å². The lowest BCUT2D eigenvalue weighted by molar-refractivity contribution is -0.124. The number of hydrogen-bond donors (Lipinski definition) is 1. The van der Waals surface area contributed by atoms with Gasteiger partial charge in [-0.15, -0.1) is 0 Å². The van der Waals surface area contributed by atoms with Crippen LogP contribution in [0.2, 0.25) is 0 Å². The van der Waals surface area contributed by atoms with Crippen molar-refractivity contribution in [3.63, 3.8) is 0 Å². The Kier molecular flexibility index (Phi) is 1.95. The van der Waals surface area contributed by atoms with E-state index in [1.165, 1.54) is 0 Å². The summed E-state index contributed by atoms with van der Waals surface area (Å²) in [7, 11) is 0. The first-order valence-corrected chi connectivity index (χ1v) is 4.24. The van der Waals surface area contributed by atoms with Gasteiger partial charge in [-0.3, -0.25) is 4.79 Å². The van der Waals surface area contributed by atoms with E-state index >= 15 is 0 Å². The minimum absolute atomic E-state index is 0.117. The fourth-order valence-electron chi connectivity index (χ4n) is 1.05. The van der Waals surface area contributed by atoms with Gasteiger partial charge in [0, 0.05) is 12.0 Å². The molecule has 0 aromatic heterocycles. The number of hydrogen-bond acceptors (Lipinski definition) is 1. The second-order valence-electron chi connectivity index (χ2n) is 4.41. The molecule has 0 saturated heterocycles. The van der Waals surface area contributed by atoms with E-state index in [9.17, 15) is 4.79 Å². The van der Waals surface area contributed by atoms with Crippen LogP contribution in [-0.4, -0.2) is 11.9 Å². The standard InChI is InChI=1S/C9H17NO/c1-6(2)8(11)10-7-5-9(7,3)4/h6-7H,5H2,1-4H3,(H,10,11). The Hall–Kier alpha value is -0.530. The van der Waals surface area contributed by atoms with E-state index in [-0.39, 0.29) is 11.8 Å². The third-order valence-electron chi connectivity index (χ3n) is 2.35. The smallest absolute Gasteiger partial charge is 0.222 e. The van der Waals surface area contributed by atoms with Crippen molar-refractivity contribution in [2.24, 2.45) is 11.3 Å². The van der Waals surface area contributed by atoms with Crippen LogP contribution in [0, 0.1) is 11.3 Å². The molecule has 1 amide bonds. The third-order valence-corrected chi connectivity index (χ3v) is 2.35. The first kappa shape index (κ1) is 8.57. The van der Waals surface area contributed by atoms with Gasteiger partial charge in [-0.05, 0) is 11.8 Å². The van der Waals surface area contributed by atoms with Gasteiger partial charge in [0.1, 0.15) is 0 Å². The van der Waals surface area contributed by atoms with Crippen LogP contribution >= 0.6 is 0 Å². The molecule has 1 aliphatic rings. The summed E-state index contributed by atoms with van der Waals surface area (Å²) in [5.74, 6) is 0.298. The SMILES string of the molecule is CC(C)C(=O)NC1CC1(C)C. The molecule has 0 radical (unpaired) electrons. The summed E-state index contributed by atoms with van der Waals surface area (Å²) in [5, 5.41) is 3.00. The van der Waals surface area contributed by atoms with Gasteiger partial charge in [0.05, 0.1) is 0 Å². The van der Waals surface area contributed by atoms with Crippen LogP contribution in [-0.2, 0) is 4.79 Å². The maximum Gasteiger partial charge on any atom is 0.222 e. The molecule has 1 N–H and O–H groups in total. The van der Waals surface area contributed by atoms with Gasteiger partial charge in [-0.1, -0.05) is 27.7 Å². The van der Waals surface area contributed by atoms with Gasteiger partial charge < -0.3 is 5.32 Å². The number of amides is 1. The molecular formula is C9H17NO. The van der Waals surface area contributed by atoms with Crippen molar-refractivity contribution >= 4 is 5.91 Å². The lowest BCUT2D eigenvalue weighted by atomic mass is 10.1. The topological polar surface area (TPSA) is 29.1 Å². The summed E-state index contributed by atoms with van der Waals surface area (Å²) in [4.78, 5) is 11.2. The Morgan fingerprint density at radius 1 is 1.55 bits per heavy atom. The fraction of sp³-hybridized carbons (Fsp3) is 0.889. The van der Waals surface area contributed by atoms with Gasteiger partial charge in [0.15, 0.2) is 0 Å². The van der Waals surface area contributed by atoms with Crippen LogP contribution in [0.25, 0.3) is 0 Å². The van der Waals surface area contributed by atoms with E-state index in [4.69, 9.17) is 0 Å². The zero-order valence-electron chi connectivity index (χ0n) is 7.77. The van der Waals surface area contributed by atoms with Crippen LogP contribution in [0.3, 0.4) is 0 Å². The molecule has 2 nitrogen and oxygen atoms in total. The summed E-state index contributed by atoms with van der Waals surface area (Å²) in [5.41, 5.74) is 0.352. The van der Waals surface area contributed by atoms with E-state index in [0.717, 1.165) is 6.42 Å². The number of nitrogens with one attached hydrogen (secondary N) is 1. The molecule has 2 heteroatoms. The number of carbonyl (C=O) groups is 1. The predicted molar refractivity (Wildman–Crippen MR) is 45.2 cm³/mol. The zero-order valence-corrected chi connectivity index (χ0v) is 7.77. The minimum atomic E-state index is 0.117. The van der Waals surface area contributed by atoms with Crippen LogP contribution in [0.4, 0.5) is 0 Å². The molecule has 11 heavy (non-hydrogen) atoms. The molecule has 1 rings (SSSR count). The highest BCUT2D eigenvalue weighted by Crippen LogP contribution is 2.44. The van der Waals surface area contributed by atoms with Crippen molar-refractivity contribution in [3.8, 4) is 0 Å². The molecule has 1 unspecified atom stereocenters. The van der Waals surface area contributed by atoms with Crippen LogP contribution in [0.5, 0.6) is 0 Å². The molecule has 0 aliphatic heterocycles. The fourth-order valence-corrected chi connectivity index (χ4v) is 1.05. The molecule has 1 atom stereocenters. The third kappa shape index (κ3) is 1.95. The quantitative estimate of drug-likeness (QED) is 0.644. The molecule has 0 bridgehead atoms. The van der Waals surface area contributed by atoms with Gasteiger partial charge in [0.2, 0.25) is 5.91 Å². The lowest BCUT2D eigenvalue weighted by Crippen LogP contribution is -2.31. The second-order valence-corrected chi connectivity index (χ2v) is 4.41. The first-order chi connectivity index (χ1) is 4.93. The van der Waals surface area contributed by atoms with Crippen LogP contribution < -0.4 is 5.32 Å². The summed E-state index contributed by atoms with van der Waals surface area (Å²) < 4.78 is 0. The first-order valence-electron chi connectivity index (χ1n) is 4.24. The number of carbonyl (C=O) groups excluding carboxylic acids is 1. The van der Waals surface area contributed by atoms with Crippen molar-refractivity contribution in [1.82, 2.24) is 5.32 Å². The maximum atomic E-state index is 11.2. The van der Waals surface area contributed by atoms with E-state index in [1.54, 1.807) is 0 Å². The molecule has 0 aromatic rings. The van der Waals surface area contributed by atoms with Crippen molar-refractivity contribution in [3.05, 3.63) is 0 Å². The predicted octanol–water partition coefficient (Wildman–Crippen LogP) is 1.56. The molecule has 64 valence electrons. The average Bonchev–Trinajstić information content (AvgIpc) is 2.39. The maximum absolute atomic E-state index is 11.2. The zero-order chi connectivity index (χ0) is 8.65. The number of rotatable bonds is 2. The van der Waals surface area contributed by atoms with Gasteiger partial charge in [0.25, 0.3) is 0 Å². The average molecular weight is 155 g/mol. The Labute approximate surface area is 68.4 Å². The summed E-state index contributed by atoms with van der Waals surface area (Å²) in [6, 6.07) is 0.428. The highest BCUT2D eigenvalue weighted by atomic mass is 16.1. The van der Waals surface area contributed by atoms with E-state index in [2.05, 4.69) is 19.2 Å². The van der Waals surface area contributed by atoms with Gasteiger partial charge >= 0.3 is 0 Å². The Bertz CT molecular complexity index is 172. The largest absolute Gasteiger partial charge is 0.353 e. The highest BCUT2D eigenvalue weighted by molar-refractivity contribution is 5.78. The van der Waals surface area contributed by atoms with Crippen molar-refractivity contribution in [1.29, 1.82) is 0 Å². The Morgan fingerprint density at radius 3 is 2.27 bits per heavy atom. The van der Waals surface area contributed by atoms with Crippen molar-refractivity contribution in [2.45, 2.75) is 40.2 Å². The summed E-state index contributed by atoms with van der Waals surface area (Å²) in [6.07, 6.45) is 1.13. The molecule has 0 heterocycles. The normalized spacial score (nSPS) is 26.8. The van der Waals surface area contributed by atoms with Crippen molar-refractivity contribution in [2.75, 3.05) is 0 Å². The molecular weight excluding hydrogens is 138 g/mol. The molecule has 0 spiro atoms. The van der Waals surface area contributed by atoms with E-state index in [1.807, 2.05) is 13.8 Å². The summed E-state index contributed by atoms with van der Waals surface area (Å²) in [6.45, 7) is 8.20. The molecule has 0 aromatic carbocycles. The Balaban J connectivity index is 2.29. The van der Waals surface area contributed by atoms with Crippen LogP contribution in [0.15, 0.2) is 0 Å². The second kappa shape index (κ2) is 2.50. The molecule has 1 aliphatic carbocycles.